The molecule has 1 rings (SSSR count). The first-order valence-electron chi connectivity index (χ1n) is 3.99. The molecule has 0 aliphatic heterocycles. The summed E-state index contributed by atoms with van der Waals surface area (Å²) in [6.07, 6.45) is -0.136. The van der Waals surface area contributed by atoms with Gasteiger partial charge in [0, 0.05) is 4.90 Å². The van der Waals surface area contributed by atoms with Gasteiger partial charge in [-0.2, -0.15) is 5.26 Å². The van der Waals surface area contributed by atoms with Crippen LogP contribution in [0.4, 0.5) is 0 Å². The first-order chi connectivity index (χ1) is 6.56. The monoisotopic (exact) mass is 207 g/mol. The lowest BCUT2D eigenvalue weighted by Gasteiger charge is -2.07. The third-order valence-corrected chi connectivity index (χ3v) is 2.50. The van der Waals surface area contributed by atoms with Crippen LogP contribution in [0.25, 0.3) is 0 Å². The molecule has 1 aromatic carbocycles. The second-order valence-electron chi connectivity index (χ2n) is 2.92. The second-order valence-corrected chi connectivity index (χ2v) is 3.40. The maximum absolute atomic E-state index is 10.6. The number of hydrogen-bond donors (Lipinski definition) is 2. The van der Waals surface area contributed by atoms with Crippen LogP contribution in [0.2, 0.25) is 0 Å². The summed E-state index contributed by atoms with van der Waals surface area (Å²) >= 11 is 4.17. The molecule has 0 aliphatic rings. The van der Waals surface area contributed by atoms with E-state index in [1.807, 2.05) is 6.07 Å². The number of benzene rings is 1. The summed E-state index contributed by atoms with van der Waals surface area (Å²) in [5, 5.41) is 17.4. The van der Waals surface area contributed by atoms with E-state index in [-0.39, 0.29) is 6.42 Å². The van der Waals surface area contributed by atoms with Crippen molar-refractivity contribution < 1.29 is 9.90 Å². The highest BCUT2D eigenvalue weighted by Gasteiger charge is 2.11. The maximum atomic E-state index is 10.6. The highest BCUT2D eigenvalue weighted by molar-refractivity contribution is 7.80. The van der Waals surface area contributed by atoms with Gasteiger partial charge in [0.05, 0.1) is 18.1 Å². The zero-order valence-electron chi connectivity index (χ0n) is 7.61. The first kappa shape index (κ1) is 10.6. The van der Waals surface area contributed by atoms with Crippen LogP contribution in [0.15, 0.2) is 17.0 Å². The van der Waals surface area contributed by atoms with Gasteiger partial charge in [0.1, 0.15) is 0 Å². The topological polar surface area (TPSA) is 61.1 Å². The summed E-state index contributed by atoms with van der Waals surface area (Å²) in [7, 11) is 0. The van der Waals surface area contributed by atoms with Crippen molar-refractivity contribution in [1.29, 1.82) is 5.26 Å². The molecule has 3 nitrogen and oxygen atoms in total. The number of carboxylic acid groups (broad SMARTS) is 1. The van der Waals surface area contributed by atoms with Gasteiger partial charge in [-0.05, 0) is 30.2 Å². The average Bonchev–Trinajstić information content (AvgIpc) is 2.13. The number of carboxylic acids is 1. The van der Waals surface area contributed by atoms with Crippen molar-refractivity contribution in [1.82, 2.24) is 0 Å². The van der Waals surface area contributed by atoms with Crippen LogP contribution in [0.3, 0.4) is 0 Å². The number of thiol groups is 1. The predicted octanol–water partition coefficient (Wildman–Crippen LogP) is 1.78. The highest BCUT2D eigenvalue weighted by atomic mass is 32.1. The molecule has 1 N–H and O–H groups in total. The van der Waals surface area contributed by atoms with Crippen molar-refractivity contribution in [2.45, 2.75) is 18.2 Å². The van der Waals surface area contributed by atoms with E-state index in [9.17, 15) is 4.79 Å². The minimum atomic E-state index is -0.941. The molecule has 0 bridgehead atoms. The number of carbonyl (C=O) groups is 1. The Labute approximate surface area is 87.4 Å². The van der Waals surface area contributed by atoms with Crippen molar-refractivity contribution >= 4 is 18.6 Å². The van der Waals surface area contributed by atoms with E-state index < -0.39 is 5.97 Å². The van der Waals surface area contributed by atoms with E-state index in [0.29, 0.717) is 16.0 Å². The largest absolute Gasteiger partial charge is 0.481 e. The number of hydrogen-bond acceptors (Lipinski definition) is 3. The van der Waals surface area contributed by atoms with Gasteiger partial charge in [-0.25, -0.2) is 0 Å². The van der Waals surface area contributed by atoms with Crippen LogP contribution in [-0.4, -0.2) is 11.1 Å². The molecule has 4 heteroatoms. The quantitative estimate of drug-likeness (QED) is 0.727. The van der Waals surface area contributed by atoms with Gasteiger partial charge in [0.2, 0.25) is 0 Å². The standard InChI is InChI=1S/C10H9NO2S/c1-6-8(4-10(12)13)7(5-11)2-3-9(6)14/h2-3,14H,4H2,1H3,(H,12,13). The lowest BCUT2D eigenvalue weighted by atomic mass is 10.00. The molecular weight excluding hydrogens is 198 g/mol. The van der Waals surface area contributed by atoms with Crippen molar-refractivity contribution in [3.05, 3.63) is 28.8 Å². The summed E-state index contributed by atoms with van der Waals surface area (Å²) in [5.74, 6) is -0.941. The summed E-state index contributed by atoms with van der Waals surface area (Å²) < 4.78 is 0. The van der Waals surface area contributed by atoms with Crippen LogP contribution in [-0.2, 0) is 11.2 Å². The molecule has 0 unspecified atom stereocenters. The van der Waals surface area contributed by atoms with Gasteiger partial charge in [-0.15, -0.1) is 12.6 Å². The Hall–Kier alpha value is -1.47. The zero-order chi connectivity index (χ0) is 10.7. The Morgan fingerprint density at radius 1 is 1.64 bits per heavy atom. The molecule has 0 atom stereocenters. The number of nitrogens with zero attached hydrogens (tertiary/aromatic N) is 1. The molecule has 14 heavy (non-hydrogen) atoms. The first-order valence-corrected chi connectivity index (χ1v) is 4.44. The van der Waals surface area contributed by atoms with Crippen molar-refractivity contribution in [2.75, 3.05) is 0 Å². The Morgan fingerprint density at radius 2 is 2.29 bits per heavy atom. The van der Waals surface area contributed by atoms with Crippen LogP contribution in [0.5, 0.6) is 0 Å². The molecule has 0 amide bonds. The van der Waals surface area contributed by atoms with Crippen LogP contribution >= 0.6 is 12.6 Å². The molecule has 0 fully saturated rings. The fourth-order valence-electron chi connectivity index (χ4n) is 1.23. The molecule has 0 heterocycles. The van der Waals surface area contributed by atoms with Crippen molar-refractivity contribution in [2.24, 2.45) is 0 Å². The summed E-state index contributed by atoms with van der Waals surface area (Å²) in [5.41, 5.74) is 1.71. The fourth-order valence-corrected chi connectivity index (χ4v) is 1.44. The minimum Gasteiger partial charge on any atom is -0.481 e. The second kappa shape index (κ2) is 4.16. The number of aliphatic carboxylic acids is 1. The lowest BCUT2D eigenvalue weighted by molar-refractivity contribution is -0.136. The van der Waals surface area contributed by atoms with Crippen LogP contribution in [0, 0.1) is 18.3 Å². The highest BCUT2D eigenvalue weighted by Crippen LogP contribution is 2.21. The molecule has 0 radical (unpaired) electrons. The van der Waals surface area contributed by atoms with Gasteiger partial charge < -0.3 is 5.11 Å². The molecular formula is C10H9NO2S. The van der Waals surface area contributed by atoms with Gasteiger partial charge in [-0.3, -0.25) is 4.79 Å². The summed E-state index contributed by atoms with van der Waals surface area (Å²) in [6, 6.07) is 5.26. The molecule has 72 valence electrons. The van der Waals surface area contributed by atoms with Gasteiger partial charge >= 0.3 is 5.97 Å². The smallest absolute Gasteiger partial charge is 0.307 e. The molecule has 0 aromatic heterocycles. The Bertz CT molecular complexity index is 421. The van der Waals surface area contributed by atoms with Gasteiger partial charge in [-0.1, -0.05) is 0 Å². The molecule has 0 saturated heterocycles. The van der Waals surface area contributed by atoms with Gasteiger partial charge in [0.15, 0.2) is 0 Å². The Morgan fingerprint density at radius 3 is 2.79 bits per heavy atom. The summed E-state index contributed by atoms with van der Waals surface area (Å²) in [6.45, 7) is 1.77. The van der Waals surface area contributed by atoms with Crippen molar-refractivity contribution in [3.8, 4) is 6.07 Å². The van der Waals surface area contributed by atoms with Crippen LogP contribution in [0.1, 0.15) is 16.7 Å². The number of nitriles is 1. The average molecular weight is 207 g/mol. The van der Waals surface area contributed by atoms with Crippen LogP contribution < -0.4 is 0 Å². The van der Waals surface area contributed by atoms with E-state index in [0.717, 1.165) is 5.56 Å². The summed E-state index contributed by atoms with van der Waals surface area (Å²) in [4.78, 5) is 11.3. The Balaban J connectivity index is 3.29. The van der Waals surface area contributed by atoms with E-state index in [2.05, 4.69) is 12.6 Å². The molecule has 1 aromatic rings. The zero-order valence-corrected chi connectivity index (χ0v) is 8.51. The maximum Gasteiger partial charge on any atom is 0.307 e. The third kappa shape index (κ3) is 2.06. The predicted molar refractivity (Wildman–Crippen MR) is 54.5 cm³/mol. The molecule has 0 spiro atoms. The van der Waals surface area contributed by atoms with E-state index in [1.165, 1.54) is 0 Å². The molecule has 0 aliphatic carbocycles. The van der Waals surface area contributed by atoms with E-state index >= 15 is 0 Å². The third-order valence-electron chi connectivity index (χ3n) is 2.02. The Kier molecular flexibility index (Phi) is 3.15. The van der Waals surface area contributed by atoms with Crippen molar-refractivity contribution in [3.63, 3.8) is 0 Å². The number of rotatable bonds is 2. The lowest BCUT2D eigenvalue weighted by Crippen LogP contribution is -2.04. The fraction of sp³-hybridized carbons (Fsp3) is 0.200. The normalized spacial score (nSPS) is 9.50. The van der Waals surface area contributed by atoms with Gasteiger partial charge in [0.25, 0.3) is 0 Å². The van der Waals surface area contributed by atoms with E-state index in [4.69, 9.17) is 10.4 Å². The molecule has 0 saturated carbocycles. The van der Waals surface area contributed by atoms with E-state index in [1.54, 1.807) is 19.1 Å². The SMILES string of the molecule is Cc1c(S)ccc(C#N)c1CC(=O)O. The minimum absolute atomic E-state index is 0.136.